The molecule has 2 heterocycles. The number of nitrogens with one attached hydrogen (secondary N) is 3. The minimum atomic E-state index is -0.309. The number of imide groups is 2. The zero-order chi connectivity index (χ0) is 72.1. The van der Waals surface area contributed by atoms with Gasteiger partial charge in [0, 0.05) is 65.2 Å². The van der Waals surface area contributed by atoms with Gasteiger partial charge in [-0.1, -0.05) is 462 Å². The summed E-state index contributed by atoms with van der Waals surface area (Å²) in [7, 11) is 0. The third kappa shape index (κ3) is 62.4. The number of carbonyl (C=O) groups excluding carboxylic acids is 4. The SMILES string of the molecule is CCCCCCCCCCCCCCCCCCCCCCCCCCCCCCCCCCCCC=CC1CC(=O)N(CCNCCNCCNCCN2C(=O)CC(C=CCCCCCCCCCCCCCCCCCCCCCCCCCCCCCCCCCCCC)C2=O)C1=O. The number of unbranched alkanes of at least 4 members (excludes halogenated alkanes) is 68. The number of amides is 4. The quantitative estimate of drug-likeness (QED) is 0.0316. The first kappa shape index (κ1) is 94.7. The Morgan fingerprint density at radius 3 is 0.574 bits per heavy atom. The molecule has 2 saturated heterocycles. The van der Waals surface area contributed by atoms with Gasteiger partial charge in [-0.15, -0.1) is 0 Å². The van der Waals surface area contributed by atoms with E-state index in [2.05, 4.69) is 41.9 Å². The highest BCUT2D eigenvalue weighted by Crippen LogP contribution is 2.25. The van der Waals surface area contributed by atoms with Crippen LogP contribution < -0.4 is 16.0 Å². The van der Waals surface area contributed by atoms with E-state index in [0.717, 1.165) is 51.9 Å². The highest BCUT2D eigenvalue weighted by Gasteiger charge is 2.37. The van der Waals surface area contributed by atoms with Crippen molar-refractivity contribution in [3.63, 3.8) is 0 Å². The summed E-state index contributed by atoms with van der Waals surface area (Å²) in [6.45, 7) is 9.62. The van der Waals surface area contributed by atoms with Crippen molar-refractivity contribution in [2.24, 2.45) is 11.8 Å². The summed E-state index contributed by atoms with van der Waals surface area (Å²) < 4.78 is 0. The van der Waals surface area contributed by atoms with Crippen molar-refractivity contribution in [2.45, 2.75) is 476 Å². The molecule has 0 aromatic carbocycles. The van der Waals surface area contributed by atoms with Crippen LogP contribution in [0.3, 0.4) is 0 Å². The van der Waals surface area contributed by atoms with E-state index in [-0.39, 0.29) is 35.5 Å². The lowest BCUT2D eigenvalue weighted by molar-refractivity contribution is -0.140. The van der Waals surface area contributed by atoms with Crippen LogP contribution in [0.15, 0.2) is 24.3 Å². The van der Waals surface area contributed by atoms with Gasteiger partial charge in [-0.05, 0) is 25.7 Å². The molecule has 0 aliphatic carbocycles. The molecule has 9 nitrogen and oxygen atoms in total. The second kappa shape index (κ2) is 77.3. The number of nitrogens with zero attached hydrogens (tertiary/aromatic N) is 2. The van der Waals surface area contributed by atoms with Crippen molar-refractivity contribution in [1.29, 1.82) is 0 Å². The molecule has 101 heavy (non-hydrogen) atoms. The van der Waals surface area contributed by atoms with Gasteiger partial charge in [-0.2, -0.15) is 0 Å². The largest absolute Gasteiger partial charge is 0.314 e. The number of carbonyl (C=O) groups is 4. The molecule has 9 heteroatoms. The Morgan fingerprint density at radius 1 is 0.238 bits per heavy atom. The Morgan fingerprint density at radius 2 is 0.396 bits per heavy atom. The highest BCUT2D eigenvalue weighted by molar-refractivity contribution is 6.05. The van der Waals surface area contributed by atoms with E-state index in [1.807, 2.05) is 12.2 Å². The third-order valence-corrected chi connectivity index (χ3v) is 22.7. The van der Waals surface area contributed by atoms with Crippen molar-refractivity contribution in [3.8, 4) is 0 Å². The Kier molecular flexibility index (Phi) is 72.5. The minimum Gasteiger partial charge on any atom is -0.314 e. The van der Waals surface area contributed by atoms with E-state index in [1.165, 1.54) is 434 Å². The summed E-state index contributed by atoms with van der Waals surface area (Å²) in [5.41, 5.74) is 0. The molecule has 0 bridgehead atoms. The Labute approximate surface area is 629 Å². The van der Waals surface area contributed by atoms with Gasteiger partial charge in [-0.25, -0.2) is 0 Å². The summed E-state index contributed by atoms with van der Waals surface area (Å²) in [6.07, 6.45) is 108. The van der Waals surface area contributed by atoms with Crippen LogP contribution in [0.1, 0.15) is 476 Å². The second-order valence-electron chi connectivity index (χ2n) is 32.4. The molecular formula is C92H175N5O4. The number of rotatable bonds is 84. The number of hydrogen-bond donors (Lipinski definition) is 3. The number of allylic oxidation sites excluding steroid dienone is 2. The predicted octanol–water partition coefficient (Wildman–Crippen LogP) is 27.0. The zero-order valence-corrected chi connectivity index (χ0v) is 68.1. The molecule has 2 fully saturated rings. The molecule has 592 valence electrons. The van der Waals surface area contributed by atoms with Crippen LogP contribution in [-0.4, -0.2) is 85.8 Å². The van der Waals surface area contributed by atoms with Crippen molar-refractivity contribution >= 4 is 23.6 Å². The van der Waals surface area contributed by atoms with Crippen molar-refractivity contribution in [3.05, 3.63) is 24.3 Å². The van der Waals surface area contributed by atoms with Crippen LogP contribution in [0, 0.1) is 11.8 Å². The first-order chi connectivity index (χ1) is 50.0. The van der Waals surface area contributed by atoms with Crippen molar-refractivity contribution in [1.82, 2.24) is 25.8 Å². The highest BCUT2D eigenvalue weighted by atomic mass is 16.2. The molecular weight excluding hydrogens is 1240 g/mol. The van der Waals surface area contributed by atoms with Crippen LogP contribution >= 0.6 is 0 Å². The summed E-state index contributed by atoms with van der Waals surface area (Å²) in [5.74, 6) is -0.850. The molecule has 2 aliphatic heterocycles. The van der Waals surface area contributed by atoms with Crippen LogP contribution in [0.5, 0.6) is 0 Å². The molecule has 0 aromatic heterocycles. The zero-order valence-electron chi connectivity index (χ0n) is 68.1. The molecule has 2 atom stereocenters. The molecule has 2 aliphatic rings. The van der Waals surface area contributed by atoms with E-state index in [1.54, 1.807) is 0 Å². The second-order valence-corrected chi connectivity index (χ2v) is 32.4. The topological polar surface area (TPSA) is 111 Å². The maximum absolute atomic E-state index is 13.0. The van der Waals surface area contributed by atoms with Crippen LogP contribution in [0.2, 0.25) is 0 Å². The van der Waals surface area contributed by atoms with Crippen LogP contribution in [0.25, 0.3) is 0 Å². The normalized spacial score (nSPS) is 15.1. The monoisotopic (exact) mass is 1410 g/mol. The fraction of sp³-hybridized carbons (Fsp3) is 0.913. The summed E-state index contributed by atoms with van der Waals surface area (Å²) in [6, 6.07) is 0. The fourth-order valence-corrected chi connectivity index (χ4v) is 15.8. The third-order valence-electron chi connectivity index (χ3n) is 22.7. The first-order valence-corrected chi connectivity index (χ1v) is 46.1. The summed E-state index contributed by atoms with van der Waals surface area (Å²) >= 11 is 0. The Balaban J connectivity index is 1.25. The van der Waals surface area contributed by atoms with E-state index >= 15 is 0 Å². The van der Waals surface area contributed by atoms with Gasteiger partial charge in [0.25, 0.3) is 0 Å². The van der Waals surface area contributed by atoms with Gasteiger partial charge in [-0.3, -0.25) is 29.0 Å². The molecule has 2 rings (SSSR count). The molecule has 0 aromatic rings. The maximum atomic E-state index is 13.0. The minimum absolute atomic E-state index is 0.0551. The van der Waals surface area contributed by atoms with Gasteiger partial charge in [0.2, 0.25) is 23.6 Å². The van der Waals surface area contributed by atoms with Crippen LogP contribution in [-0.2, 0) is 19.2 Å². The first-order valence-electron chi connectivity index (χ1n) is 46.1. The van der Waals surface area contributed by atoms with Gasteiger partial charge < -0.3 is 16.0 Å². The molecule has 2 unspecified atom stereocenters. The lowest BCUT2D eigenvalue weighted by atomic mass is 10.0. The molecule has 3 N–H and O–H groups in total. The van der Waals surface area contributed by atoms with Crippen molar-refractivity contribution < 1.29 is 19.2 Å². The average Bonchev–Trinajstić information content (AvgIpc) is 1.72. The summed E-state index contributed by atoms with van der Waals surface area (Å²) in [5, 5.41) is 10.1. The summed E-state index contributed by atoms with van der Waals surface area (Å²) in [4.78, 5) is 54.3. The average molecular weight is 1420 g/mol. The molecule has 0 radical (unpaired) electrons. The molecule has 0 spiro atoms. The van der Waals surface area contributed by atoms with Gasteiger partial charge in [0.15, 0.2) is 0 Å². The lowest BCUT2D eigenvalue weighted by Crippen LogP contribution is -2.40. The number of likely N-dealkylation sites (tertiary alicyclic amines) is 2. The van der Waals surface area contributed by atoms with E-state index in [0.29, 0.717) is 39.0 Å². The van der Waals surface area contributed by atoms with E-state index in [9.17, 15) is 19.2 Å². The fourth-order valence-electron chi connectivity index (χ4n) is 15.8. The predicted molar refractivity (Wildman–Crippen MR) is 441 cm³/mol. The molecule has 0 saturated carbocycles. The van der Waals surface area contributed by atoms with Crippen LogP contribution in [0.4, 0.5) is 0 Å². The van der Waals surface area contributed by atoms with E-state index in [4.69, 9.17) is 0 Å². The lowest BCUT2D eigenvalue weighted by Gasteiger charge is -2.15. The smallest absolute Gasteiger partial charge is 0.236 e. The molecule has 4 amide bonds. The van der Waals surface area contributed by atoms with E-state index < -0.39 is 0 Å². The van der Waals surface area contributed by atoms with Gasteiger partial charge in [0.05, 0.1) is 11.8 Å². The number of hydrogen-bond acceptors (Lipinski definition) is 7. The maximum Gasteiger partial charge on any atom is 0.236 e. The van der Waals surface area contributed by atoms with Gasteiger partial charge in [0.1, 0.15) is 0 Å². The van der Waals surface area contributed by atoms with Gasteiger partial charge >= 0.3 is 0 Å². The Hall–Kier alpha value is -2.36. The van der Waals surface area contributed by atoms with Crippen molar-refractivity contribution in [2.75, 3.05) is 52.4 Å². The Bertz CT molecular complexity index is 1710. The standard InChI is InChI=1S/C92H175N5O4/c1-3-5-7-9-11-13-15-17-19-21-23-25-27-29-31-33-35-37-39-41-43-45-47-49-51-53-55-57-59-61-63-65-67-69-71-73-75-87-85-89(98)96(91(87)100)83-81-94-79-77-93-78-80-95-82-84-97-90(99)86-88(92(97)101)76-74-72-70-68-66-64-62-60-58-56-54-52-50-48-46-44-42-40-38-36-34-32-30-28-26-24-22-20-18-16-14-12-10-8-6-4-2/h73-76,87-88,93-95H,3-72,77-86H2,1-2H3.